The lowest BCUT2D eigenvalue weighted by Crippen LogP contribution is -2.35. The Balaban J connectivity index is 1.61. The average molecular weight is 356 g/mol. The largest absolute Gasteiger partial charge is 0.334 e. The van der Waals surface area contributed by atoms with Crippen LogP contribution in [0.3, 0.4) is 0 Å². The fourth-order valence-corrected chi connectivity index (χ4v) is 3.27. The maximum atomic E-state index is 12.8. The minimum atomic E-state index is 0.00797. The molecule has 1 N–H and O–H groups in total. The fourth-order valence-electron chi connectivity index (χ4n) is 3.14. The van der Waals surface area contributed by atoms with Gasteiger partial charge in [-0.15, -0.1) is 0 Å². The molecule has 1 aliphatic rings. The summed E-state index contributed by atoms with van der Waals surface area (Å²) in [7, 11) is 0. The van der Waals surface area contributed by atoms with Crippen LogP contribution in [0.1, 0.15) is 28.5 Å². The second-order valence-corrected chi connectivity index (χ2v) is 6.53. The lowest BCUT2D eigenvalue weighted by Gasteiger charge is -2.26. The Bertz CT molecular complexity index is 912. The quantitative estimate of drug-likeness (QED) is 0.784. The number of H-pyrrole nitrogens is 1. The first kappa shape index (κ1) is 15.9. The van der Waals surface area contributed by atoms with Gasteiger partial charge in [-0.25, -0.2) is 0 Å². The van der Waals surface area contributed by atoms with Crippen molar-refractivity contribution in [2.45, 2.75) is 26.4 Å². The molecule has 0 fully saturated rings. The maximum Gasteiger partial charge on any atom is 0.257 e. The molecule has 2 aromatic heterocycles. The molecule has 0 spiro atoms. The molecule has 0 saturated carbocycles. The zero-order chi connectivity index (χ0) is 17.4. The van der Waals surface area contributed by atoms with E-state index in [-0.39, 0.29) is 5.91 Å². The number of carbonyl (C=O) groups excluding carboxylic acids is 1. The van der Waals surface area contributed by atoms with Crippen LogP contribution in [0.15, 0.2) is 36.7 Å². The Morgan fingerprint density at radius 1 is 1.32 bits per heavy atom. The van der Waals surface area contributed by atoms with E-state index in [1.54, 1.807) is 17.1 Å². The molecule has 0 bridgehead atoms. The smallest absolute Gasteiger partial charge is 0.257 e. The van der Waals surface area contributed by atoms with E-state index in [1.807, 2.05) is 36.1 Å². The number of fused-ring (bicyclic) bond motifs is 1. The molecule has 3 aromatic rings. The Labute approximate surface area is 150 Å². The second-order valence-electron chi connectivity index (χ2n) is 6.10. The van der Waals surface area contributed by atoms with Gasteiger partial charge in [-0.05, 0) is 19.1 Å². The first-order chi connectivity index (χ1) is 12.2. The average Bonchev–Trinajstić information content (AvgIpc) is 3.28. The number of halogens is 1. The summed E-state index contributed by atoms with van der Waals surface area (Å²) in [4.78, 5) is 14.6. The van der Waals surface area contributed by atoms with Crippen LogP contribution in [0.5, 0.6) is 0 Å². The highest BCUT2D eigenvalue weighted by Crippen LogP contribution is 2.29. The number of benzene rings is 1. The molecule has 0 atom stereocenters. The minimum Gasteiger partial charge on any atom is -0.334 e. The highest BCUT2D eigenvalue weighted by molar-refractivity contribution is 6.30. The van der Waals surface area contributed by atoms with Crippen LogP contribution in [-0.4, -0.2) is 37.3 Å². The summed E-state index contributed by atoms with van der Waals surface area (Å²) in [5.74, 6) is 0.00797. The van der Waals surface area contributed by atoms with Gasteiger partial charge in [0.25, 0.3) is 5.91 Å². The van der Waals surface area contributed by atoms with E-state index in [4.69, 9.17) is 11.6 Å². The highest BCUT2D eigenvalue weighted by atomic mass is 35.5. The van der Waals surface area contributed by atoms with E-state index in [9.17, 15) is 4.79 Å². The highest BCUT2D eigenvalue weighted by Gasteiger charge is 2.26. The summed E-state index contributed by atoms with van der Waals surface area (Å²) < 4.78 is 1.76. The van der Waals surface area contributed by atoms with Gasteiger partial charge in [0.05, 0.1) is 17.5 Å². The van der Waals surface area contributed by atoms with Gasteiger partial charge in [0.2, 0.25) is 0 Å². The van der Waals surface area contributed by atoms with Gasteiger partial charge in [-0.2, -0.15) is 10.2 Å². The molecule has 0 saturated heterocycles. The molecule has 128 valence electrons. The Kier molecular flexibility index (Phi) is 4.05. The van der Waals surface area contributed by atoms with Crippen molar-refractivity contribution in [3.8, 4) is 11.3 Å². The molecule has 0 radical (unpaired) electrons. The standard InChI is InChI=1S/C18H18ClN5O/c1-2-24-10-13(9-20-24)18(25)23-8-7-16-15(11-23)17(22-21-16)12-3-5-14(19)6-4-12/h3-6,9-10H,2,7-8,11H2,1H3,(H,21,22). The number of aromatic nitrogens is 4. The number of nitrogens with zero attached hydrogens (tertiary/aromatic N) is 4. The lowest BCUT2D eigenvalue weighted by molar-refractivity contribution is 0.0734. The molecule has 0 unspecified atom stereocenters. The van der Waals surface area contributed by atoms with Gasteiger partial charge in [0.1, 0.15) is 0 Å². The molecule has 4 rings (SSSR count). The van der Waals surface area contributed by atoms with Crippen molar-refractivity contribution < 1.29 is 4.79 Å². The van der Waals surface area contributed by atoms with E-state index >= 15 is 0 Å². The Morgan fingerprint density at radius 2 is 2.12 bits per heavy atom. The lowest BCUT2D eigenvalue weighted by atomic mass is 10.0. The molecule has 7 heteroatoms. The van der Waals surface area contributed by atoms with Crippen molar-refractivity contribution in [3.05, 3.63) is 58.5 Å². The van der Waals surface area contributed by atoms with Crippen LogP contribution >= 0.6 is 11.6 Å². The van der Waals surface area contributed by atoms with Crippen LogP contribution in [0.2, 0.25) is 5.02 Å². The Morgan fingerprint density at radius 3 is 2.84 bits per heavy atom. The van der Waals surface area contributed by atoms with Crippen molar-refractivity contribution in [3.63, 3.8) is 0 Å². The van der Waals surface area contributed by atoms with Crippen LogP contribution in [0.4, 0.5) is 0 Å². The molecular weight excluding hydrogens is 338 g/mol. The summed E-state index contributed by atoms with van der Waals surface area (Å²) in [5, 5.41) is 12.5. The van der Waals surface area contributed by atoms with E-state index in [0.29, 0.717) is 23.7 Å². The van der Waals surface area contributed by atoms with Gasteiger partial charge >= 0.3 is 0 Å². The van der Waals surface area contributed by atoms with Crippen molar-refractivity contribution in [2.24, 2.45) is 0 Å². The van der Waals surface area contributed by atoms with E-state index < -0.39 is 0 Å². The third-order valence-corrected chi connectivity index (χ3v) is 4.79. The molecule has 1 amide bonds. The number of rotatable bonds is 3. The van der Waals surface area contributed by atoms with Crippen molar-refractivity contribution in [1.82, 2.24) is 24.9 Å². The number of amides is 1. The van der Waals surface area contributed by atoms with E-state index in [0.717, 1.165) is 35.5 Å². The summed E-state index contributed by atoms with van der Waals surface area (Å²) in [6, 6.07) is 7.60. The monoisotopic (exact) mass is 355 g/mol. The Hall–Kier alpha value is -2.60. The minimum absolute atomic E-state index is 0.00797. The zero-order valence-electron chi connectivity index (χ0n) is 13.9. The van der Waals surface area contributed by atoms with E-state index in [1.165, 1.54) is 0 Å². The van der Waals surface area contributed by atoms with Crippen molar-refractivity contribution >= 4 is 17.5 Å². The first-order valence-corrected chi connectivity index (χ1v) is 8.67. The maximum absolute atomic E-state index is 12.8. The topological polar surface area (TPSA) is 66.8 Å². The summed E-state index contributed by atoms with van der Waals surface area (Å²) >= 11 is 5.97. The molecule has 6 nitrogen and oxygen atoms in total. The number of hydrogen-bond donors (Lipinski definition) is 1. The molecule has 1 aliphatic heterocycles. The summed E-state index contributed by atoms with van der Waals surface area (Å²) in [6.07, 6.45) is 4.20. The number of aryl methyl sites for hydroxylation is 1. The van der Waals surface area contributed by atoms with Gasteiger partial charge in [0.15, 0.2) is 0 Å². The normalized spacial score (nSPS) is 13.8. The molecular formula is C18H18ClN5O. The number of nitrogens with one attached hydrogen (secondary N) is 1. The summed E-state index contributed by atoms with van der Waals surface area (Å²) in [5.41, 5.74) is 4.67. The van der Waals surface area contributed by atoms with Crippen molar-refractivity contribution in [2.75, 3.05) is 6.54 Å². The van der Waals surface area contributed by atoms with Gasteiger partial charge in [0, 0.05) is 54.1 Å². The van der Waals surface area contributed by atoms with Crippen LogP contribution in [-0.2, 0) is 19.5 Å². The number of carbonyl (C=O) groups is 1. The van der Waals surface area contributed by atoms with Gasteiger partial charge in [-0.3, -0.25) is 14.6 Å². The molecule has 3 heterocycles. The second kappa shape index (κ2) is 6.37. The van der Waals surface area contributed by atoms with Gasteiger partial charge < -0.3 is 4.90 Å². The third kappa shape index (κ3) is 2.93. The van der Waals surface area contributed by atoms with Crippen LogP contribution in [0.25, 0.3) is 11.3 Å². The van der Waals surface area contributed by atoms with Crippen molar-refractivity contribution in [1.29, 1.82) is 0 Å². The third-order valence-electron chi connectivity index (χ3n) is 4.54. The first-order valence-electron chi connectivity index (χ1n) is 8.29. The van der Waals surface area contributed by atoms with E-state index in [2.05, 4.69) is 15.3 Å². The molecule has 1 aromatic carbocycles. The number of hydrogen-bond acceptors (Lipinski definition) is 3. The predicted octanol–water partition coefficient (Wildman–Crippen LogP) is 3.15. The summed E-state index contributed by atoms with van der Waals surface area (Å²) in [6.45, 7) is 3.96. The number of aromatic amines is 1. The fraction of sp³-hybridized carbons (Fsp3) is 0.278. The zero-order valence-corrected chi connectivity index (χ0v) is 14.6. The molecule has 25 heavy (non-hydrogen) atoms. The predicted molar refractivity (Wildman–Crippen MR) is 95.4 cm³/mol. The van der Waals surface area contributed by atoms with Gasteiger partial charge in [-0.1, -0.05) is 23.7 Å². The van der Waals surface area contributed by atoms with Crippen LogP contribution in [0, 0.1) is 0 Å². The SMILES string of the molecule is CCn1cc(C(=O)N2CCc3[nH]nc(-c4ccc(Cl)cc4)c3C2)cn1. The molecule has 0 aliphatic carbocycles. The van der Waals surface area contributed by atoms with Crippen LogP contribution < -0.4 is 0 Å².